The molecule has 0 aromatic heterocycles. The first-order valence-electron chi connectivity index (χ1n) is 5.12. The van der Waals surface area contributed by atoms with Crippen molar-refractivity contribution >= 4 is 43.5 Å². The molecular weight excluding hydrogens is 352 g/mol. The molecule has 0 unspecified atom stereocenters. The molecule has 2 N–H and O–H groups in total. The van der Waals surface area contributed by atoms with Crippen LogP contribution in [0, 0.1) is 0 Å². The van der Waals surface area contributed by atoms with Crippen LogP contribution in [0.5, 0.6) is 5.75 Å². The molecule has 1 aromatic carbocycles. The summed E-state index contributed by atoms with van der Waals surface area (Å²) in [6, 6.07) is 3.70. The number of carbonyl (C=O) groups is 1. The lowest BCUT2D eigenvalue weighted by atomic mass is 10.3. The van der Waals surface area contributed by atoms with E-state index in [0.29, 0.717) is 12.3 Å². The summed E-state index contributed by atoms with van der Waals surface area (Å²) in [4.78, 5) is 11.3. The maximum atomic E-state index is 11.3. The third kappa shape index (κ3) is 4.20. The minimum absolute atomic E-state index is 0.0405. The van der Waals surface area contributed by atoms with Gasteiger partial charge in [0.05, 0.1) is 23.8 Å². The Balaban J connectivity index is 2.74. The van der Waals surface area contributed by atoms with Crippen molar-refractivity contribution in [3.63, 3.8) is 0 Å². The van der Waals surface area contributed by atoms with Crippen molar-refractivity contribution in [2.24, 2.45) is 0 Å². The second kappa shape index (κ2) is 6.86. The van der Waals surface area contributed by atoms with Gasteiger partial charge < -0.3 is 15.4 Å². The molecule has 6 heteroatoms. The zero-order chi connectivity index (χ0) is 12.8. The Bertz CT molecular complexity index is 411. The fourth-order valence-corrected chi connectivity index (χ4v) is 2.55. The first-order chi connectivity index (χ1) is 8.08. The van der Waals surface area contributed by atoms with E-state index in [1.807, 2.05) is 19.1 Å². The van der Waals surface area contributed by atoms with Crippen molar-refractivity contribution in [2.45, 2.75) is 6.92 Å². The maximum absolute atomic E-state index is 11.3. The number of rotatable bonds is 5. The third-order valence-corrected chi connectivity index (χ3v) is 3.33. The summed E-state index contributed by atoms with van der Waals surface area (Å²) in [6.07, 6.45) is 0. The number of hydrogen-bond donors (Lipinski definition) is 2. The van der Waals surface area contributed by atoms with Crippen LogP contribution in [0.4, 0.5) is 5.69 Å². The predicted octanol–water partition coefficient (Wildman–Crippen LogP) is 2.77. The summed E-state index contributed by atoms with van der Waals surface area (Å²) in [6.45, 7) is 2.75. The Kier molecular flexibility index (Phi) is 5.77. The first-order valence-corrected chi connectivity index (χ1v) is 6.70. The fourth-order valence-electron chi connectivity index (χ4n) is 1.26. The van der Waals surface area contributed by atoms with Gasteiger partial charge in [0.2, 0.25) is 5.91 Å². The third-order valence-electron chi connectivity index (χ3n) is 2.05. The minimum atomic E-state index is -0.0405. The van der Waals surface area contributed by atoms with Gasteiger partial charge in [-0.05, 0) is 44.8 Å². The molecule has 1 rings (SSSR count). The van der Waals surface area contributed by atoms with E-state index in [1.54, 1.807) is 7.11 Å². The van der Waals surface area contributed by atoms with Crippen molar-refractivity contribution < 1.29 is 9.53 Å². The number of halogens is 2. The zero-order valence-electron chi connectivity index (χ0n) is 9.64. The molecule has 0 heterocycles. The normalized spacial score (nSPS) is 9.88. The average molecular weight is 366 g/mol. The molecule has 0 saturated carbocycles. The van der Waals surface area contributed by atoms with Crippen LogP contribution in [-0.2, 0) is 4.79 Å². The quantitative estimate of drug-likeness (QED) is 0.843. The van der Waals surface area contributed by atoms with Crippen LogP contribution in [0.1, 0.15) is 6.92 Å². The number of ether oxygens (including phenoxy) is 1. The molecule has 0 aliphatic carbocycles. The highest BCUT2D eigenvalue weighted by molar-refractivity contribution is 9.11. The molecule has 94 valence electrons. The van der Waals surface area contributed by atoms with Gasteiger partial charge in [-0.25, -0.2) is 0 Å². The largest absolute Gasteiger partial charge is 0.495 e. The molecule has 1 amide bonds. The van der Waals surface area contributed by atoms with Crippen LogP contribution < -0.4 is 15.4 Å². The summed E-state index contributed by atoms with van der Waals surface area (Å²) < 4.78 is 6.91. The zero-order valence-corrected chi connectivity index (χ0v) is 12.8. The number of anilines is 1. The van der Waals surface area contributed by atoms with Gasteiger partial charge in [0, 0.05) is 17.1 Å². The highest BCUT2D eigenvalue weighted by Crippen LogP contribution is 2.34. The van der Waals surface area contributed by atoms with E-state index in [-0.39, 0.29) is 12.5 Å². The van der Waals surface area contributed by atoms with Crippen LogP contribution >= 0.6 is 31.9 Å². The van der Waals surface area contributed by atoms with Gasteiger partial charge in [-0.15, -0.1) is 0 Å². The van der Waals surface area contributed by atoms with Crippen molar-refractivity contribution in [3.05, 3.63) is 21.1 Å². The molecular formula is C11H14Br2N2O2. The SMILES string of the molecule is CCNC(=O)CNc1cc(OC)c(Br)cc1Br. The van der Waals surface area contributed by atoms with Crippen molar-refractivity contribution in [1.29, 1.82) is 0 Å². The van der Waals surface area contributed by atoms with Crippen LogP contribution in [0.2, 0.25) is 0 Å². The van der Waals surface area contributed by atoms with E-state index in [1.165, 1.54) is 0 Å². The smallest absolute Gasteiger partial charge is 0.239 e. The Hall–Kier alpha value is -0.750. The number of hydrogen-bond acceptors (Lipinski definition) is 3. The average Bonchev–Trinajstić information content (AvgIpc) is 2.28. The van der Waals surface area contributed by atoms with E-state index in [4.69, 9.17) is 4.74 Å². The van der Waals surface area contributed by atoms with E-state index in [2.05, 4.69) is 42.5 Å². The van der Waals surface area contributed by atoms with Gasteiger partial charge in [-0.2, -0.15) is 0 Å². The molecule has 17 heavy (non-hydrogen) atoms. The molecule has 0 aliphatic rings. The van der Waals surface area contributed by atoms with Gasteiger partial charge in [0.25, 0.3) is 0 Å². The van der Waals surface area contributed by atoms with Gasteiger partial charge in [0.1, 0.15) is 5.75 Å². The van der Waals surface area contributed by atoms with Gasteiger partial charge in [-0.1, -0.05) is 0 Å². The molecule has 0 fully saturated rings. The van der Waals surface area contributed by atoms with Crippen LogP contribution in [0.3, 0.4) is 0 Å². The van der Waals surface area contributed by atoms with Crippen LogP contribution in [0.25, 0.3) is 0 Å². The van der Waals surface area contributed by atoms with Gasteiger partial charge >= 0.3 is 0 Å². The number of likely N-dealkylation sites (N-methyl/N-ethyl adjacent to an activating group) is 1. The van der Waals surface area contributed by atoms with Gasteiger partial charge in [-0.3, -0.25) is 4.79 Å². The molecule has 4 nitrogen and oxygen atoms in total. The summed E-state index contributed by atoms with van der Waals surface area (Å²) >= 11 is 6.80. The standard InChI is InChI=1S/C11H14Br2N2O2/c1-3-14-11(16)6-15-9-5-10(17-2)8(13)4-7(9)12/h4-5,15H,3,6H2,1-2H3,(H,14,16). The highest BCUT2D eigenvalue weighted by atomic mass is 79.9. The van der Waals surface area contributed by atoms with E-state index >= 15 is 0 Å². The number of nitrogens with one attached hydrogen (secondary N) is 2. The fraction of sp³-hybridized carbons (Fsp3) is 0.364. The molecule has 0 bridgehead atoms. The second-order valence-electron chi connectivity index (χ2n) is 3.27. The lowest BCUT2D eigenvalue weighted by molar-refractivity contribution is -0.119. The van der Waals surface area contributed by atoms with Crippen molar-refractivity contribution in [1.82, 2.24) is 5.32 Å². The Labute approximate surface area is 117 Å². The predicted molar refractivity (Wildman–Crippen MR) is 75.6 cm³/mol. The molecule has 0 saturated heterocycles. The molecule has 0 radical (unpaired) electrons. The van der Waals surface area contributed by atoms with Crippen molar-refractivity contribution in [2.75, 3.05) is 25.5 Å². The molecule has 0 atom stereocenters. The van der Waals surface area contributed by atoms with Crippen molar-refractivity contribution in [3.8, 4) is 5.75 Å². The highest BCUT2D eigenvalue weighted by Gasteiger charge is 2.08. The van der Waals surface area contributed by atoms with Gasteiger partial charge in [0.15, 0.2) is 0 Å². The summed E-state index contributed by atoms with van der Waals surface area (Å²) in [5.41, 5.74) is 0.816. The first kappa shape index (κ1) is 14.3. The summed E-state index contributed by atoms with van der Waals surface area (Å²) in [5.74, 6) is 0.674. The maximum Gasteiger partial charge on any atom is 0.239 e. The number of methoxy groups -OCH3 is 1. The number of benzene rings is 1. The molecule has 0 spiro atoms. The monoisotopic (exact) mass is 364 g/mol. The molecule has 1 aromatic rings. The van der Waals surface area contributed by atoms with E-state index in [9.17, 15) is 4.79 Å². The van der Waals surface area contributed by atoms with E-state index in [0.717, 1.165) is 14.6 Å². The Morgan fingerprint density at radius 2 is 2.06 bits per heavy atom. The Morgan fingerprint density at radius 3 is 2.65 bits per heavy atom. The summed E-state index contributed by atoms with van der Waals surface area (Å²) in [5, 5.41) is 5.76. The van der Waals surface area contributed by atoms with Crippen LogP contribution in [0.15, 0.2) is 21.1 Å². The lowest BCUT2D eigenvalue weighted by Gasteiger charge is -2.11. The molecule has 0 aliphatic heterocycles. The van der Waals surface area contributed by atoms with E-state index < -0.39 is 0 Å². The topological polar surface area (TPSA) is 50.4 Å². The summed E-state index contributed by atoms with van der Waals surface area (Å²) in [7, 11) is 1.60. The lowest BCUT2D eigenvalue weighted by Crippen LogP contribution is -2.29. The minimum Gasteiger partial charge on any atom is -0.495 e. The Morgan fingerprint density at radius 1 is 1.35 bits per heavy atom. The number of carbonyl (C=O) groups excluding carboxylic acids is 1. The number of amides is 1. The second-order valence-corrected chi connectivity index (χ2v) is 4.98. The van der Waals surface area contributed by atoms with Crippen LogP contribution in [-0.4, -0.2) is 26.1 Å².